The fraction of sp³-hybridized carbons (Fsp3) is 0.167. The molecule has 1 aromatic carbocycles. The van der Waals surface area contributed by atoms with Crippen molar-refractivity contribution in [1.82, 2.24) is 19.3 Å². The third-order valence-electron chi connectivity index (χ3n) is 3.00. The molecule has 0 unspecified atom stereocenters. The first-order chi connectivity index (χ1) is 8.99. The van der Waals surface area contributed by atoms with Gasteiger partial charge in [0, 0.05) is 7.05 Å². The lowest BCUT2D eigenvalue weighted by atomic mass is 10.3. The maximum Gasteiger partial charge on any atom is 0.184 e. The molecule has 2 heterocycles. The molecule has 0 bridgehead atoms. The van der Waals surface area contributed by atoms with Crippen molar-refractivity contribution in [1.29, 1.82) is 0 Å². The summed E-state index contributed by atoms with van der Waals surface area (Å²) in [5.41, 5.74) is 3.59. The summed E-state index contributed by atoms with van der Waals surface area (Å²) in [6.45, 7) is 1.94. The molecule has 3 rings (SSSR count). The van der Waals surface area contributed by atoms with Gasteiger partial charge in [-0.05, 0) is 37.3 Å². The molecule has 1 N–H and O–H groups in total. The summed E-state index contributed by atoms with van der Waals surface area (Å²) in [5.74, 6) is 0. The minimum absolute atomic E-state index is 0.495. The van der Waals surface area contributed by atoms with Gasteiger partial charge in [-0.25, -0.2) is 4.68 Å². The minimum Gasteiger partial charge on any atom is -0.327 e. The maximum absolute atomic E-state index is 6.07. The number of aromatic nitrogens is 4. The molecule has 0 aliphatic rings. The number of halogens is 2. The van der Waals surface area contributed by atoms with E-state index in [1.807, 2.05) is 24.6 Å². The summed E-state index contributed by atoms with van der Waals surface area (Å²) in [6.07, 6.45) is 0. The second-order valence-electron chi connectivity index (χ2n) is 4.27. The summed E-state index contributed by atoms with van der Waals surface area (Å²) >= 11 is 17.4. The maximum atomic E-state index is 6.07. The quantitative estimate of drug-likeness (QED) is 0.689. The summed E-state index contributed by atoms with van der Waals surface area (Å²) in [5, 5.41) is 5.39. The average molecular weight is 313 g/mol. The van der Waals surface area contributed by atoms with Gasteiger partial charge in [-0.1, -0.05) is 23.2 Å². The van der Waals surface area contributed by atoms with Crippen LogP contribution in [0.3, 0.4) is 0 Å². The first kappa shape index (κ1) is 12.7. The third kappa shape index (κ3) is 1.89. The van der Waals surface area contributed by atoms with Crippen molar-refractivity contribution in [3.63, 3.8) is 0 Å². The Kier molecular flexibility index (Phi) is 2.92. The number of nitrogens with zero attached hydrogens (tertiary/aromatic N) is 3. The van der Waals surface area contributed by atoms with Crippen molar-refractivity contribution in [2.45, 2.75) is 6.92 Å². The zero-order valence-electron chi connectivity index (χ0n) is 10.2. The highest BCUT2D eigenvalue weighted by molar-refractivity contribution is 7.71. The van der Waals surface area contributed by atoms with Gasteiger partial charge in [0.15, 0.2) is 10.4 Å². The molecule has 0 radical (unpaired) electrons. The highest BCUT2D eigenvalue weighted by Crippen LogP contribution is 2.27. The number of imidazole rings is 1. The van der Waals surface area contributed by atoms with Gasteiger partial charge in [-0.15, -0.1) is 0 Å². The Morgan fingerprint density at radius 1 is 1.26 bits per heavy atom. The molecular weight excluding hydrogens is 303 g/mol. The monoisotopic (exact) mass is 312 g/mol. The van der Waals surface area contributed by atoms with Crippen LogP contribution in [-0.2, 0) is 7.05 Å². The van der Waals surface area contributed by atoms with Gasteiger partial charge in [0.2, 0.25) is 0 Å². The number of hydrogen-bond acceptors (Lipinski definition) is 2. The highest BCUT2D eigenvalue weighted by Gasteiger charge is 2.14. The van der Waals surface area contributed by atoms with Gasteiger partial charge in [-0.2, -0.15) is 5.10 Å². The molecule has 0 saturated heterocycles. The average Bonchev–Trinajstić information content (AvgIpc) is 2.82. The standard InChI is InChI=1S/C12H10Cl2N4S/c1-6-10-11(17(2)16-6)18(12(19)15-10)7-3-4-8(13)9(14)5-7/h3-5H,1-2H3,(H,15,19). The number of aryl methyl sites for hydroxylation is 2. The van der Waals surface area contributed by atoms with Crippen molar-refractivity contribution in [2.75, 3.05) is 0 Å². The molecule has 0 aliphatic carbocycles. The van der Waals surface area contributed by atoms with Gasteiger partial charge in [-0.3, -0.25) is 4.57 Å². The predicted octanol–water partition coefficient (Wildman–Crippen LogP) is 4.04. The molecule has 7 heteroatoms. The molecular formula is C12H10Cl2N4S. The lowest BCUT2D eigenvalue weighted by molar-refractivity contribution is 0.759. The Balaban J connectivity index is 2.38. The van der Waals surface area contributed by atoms with E-state index in [-0.39, 0.29) is 0 Å². The second kappa shape index (κ2) is 4.37. The van der Waals surface area contributed by atoms with Crippen LogP contribution in [0.25, 0.3) is 16.9 Å². The summed E-state index contributed by atoms with van der Waals surface area (Å²) in [4.78, 5) is 3.17. The number of fused-ring (bicyclic) bond motifs is 1. The van der Waals surface area contributed by atoms with Crippen molar-refractivity contribution in [2.24, 2.45) is 7.05 Å². The molecule has 0 spiro atoms. The molecule has 0 aliphatic heterocycles. The van der Waals surface area contributed by atoms with E-state index in [2.05, 4.69) is 10.1 Å². The van der Waals surface area contributed by atoms with Crippen LogP contribution >= 0.6 is 35.4 Å². The Hall–Kier alpha value is -1.30. The third-order valence-corrected chi connectivity index (χ3v) is 4.02. The van der Waals surface area contributed by atoms with Crippen molar-refractivity contribution in [3.8, 4) is 5.69 Å². The van der Waals surface area contributed by atoms with Crippen molar-refractivity contribution in [3.05, 3.63) is 38.7 Å². The van der Waals surface area contributed by atoms with Crippen LogP contribution < -0.4 is 0 Å². The van der Waals surface area contributed by atoms with Crippen LogP contribution in [0.1, 0.15) is 5.69 Å². The smallest absolute Gasteiger partial charge is 0.184 e. The molecule has 4 nitrogen and oxygen atoms in total. The van der Waals surface area contributed by atoms with Crippen LogP contribution in [-0.4, -0.2) is 19.3 Å². The van der Waals surface area contributed by atoms with E-state index >= 15 is 0 Å². The number of hydrogen-bond donors (Lipinski definition) is 1. The van der Waals surface area contributed by atoms with E-state index in [1.165, 1.54) is 0 Å². The van der Waals surface area contributed by atoms with Gasteiger partial charge in [0.25, 0.3) is 0 Å². The lowest BCUT2D eigenvalue weighted by Crippen LogP contribution is -2.00. The molecule has 0 atom stereocenters. The minimum atomic E-state index is 0.495. The van der Waals surface area contributed by atoms with Gasteiger partial charge in [0.05, 0.1) is 21.4 Å². The number of H-pyrrole nitrogens is 1. The number of rotatable bonds is 1. The SMILES string of the molecule is Cc1nn(C)c2c1[nH]c(=S)n2-c1ccc(Cl)c(Cl)c1. The van der Waals surface area contributed by atoms with Crippen LogP contribution in [0.2, 0.25) is 10.0 Å². The Bertz CT molecular complexity index is 843. The topological polar surface area (TPSA) is 38.5 Å². The first-order valence-corrected chi connectivity index (χ1v) is 6.75. The van der Waals surface area contributed by atoms with Gasteiger partial charge in [0.1, 0.15) is 5.52 Å². The van der Waals surface area contributed by atoms with Gasteiger partial charge < -0.3 is 4.98 Å². The molecule has 98 valence electrons. The Labute approximate surface area is 124 Å². The van der Waals surface area contributed by atoms with Crippen LogP contribution in [0, 0.1) is 11.7 Å². The molecule has 19 heavy (non-hydrogen) atoms. The zero-order chi connectivity index (χ0) is 13.7. The highest BCUT2D eigenvalue weighted by atomic mass is 35.5. The van der Waals surface area contributed by atoms with Crippen molar-refractivity contribution >= 4 is 46.6 Å². The normalized spacial score (nSPS) is 11.4. The lowest BCUT2D eigenvalue weighted by Gasteiger charge is -2.06. The second-order valence-corrected chi connectivity index (χ2v) is 5.47. The van der Waals surface area contributed by atoms with E-state index < -0.39 is 0 Å². The van der Waals surface area contributed by atoms with Crippen molar-refractivity contribution < 1.29 is 0 Å². The van der Waals surface area contributed by atoms with Gasteiger partial charge >= 0.3 is 0 Å². The van der Waals surface area contributed by atoms with E-state index in [9.17, 15) is 0 Å². The number of nitrogens with one attached hydrogen (secondary N) is 1. The number of benzene rings is 1. The van der Waals surface area contributed by atoms with Crippen LogP contribution in [0.15, 0.2) is 18.2 Å². The summed E-state index contributed by atoms with van der Waals surface area (Å²) < 4.78 is 4.29. The van der Waals surface area contributed by atoms with E-state index in [4.69, 9.17) is 35.4 Å². The molecule has 3 aromatic rings. The Morgan fingerprint density at radius 3 is 2.68 bits per heavy atom. The van der Waals surface area contributed by atoms with Crippen LogP contribution in [0.5, 0.6) is 0 Å². The molecule has 0 fully saturated rings. The van der Waals surface area contributed by atoms with E-state index in [1.54, 1.807) is 16.8 Å². The Morgan fingerprint density at radius 2 is 2.00 bits per heavy atom. The van der Waals surface area contributed by atoms with E-state index in [0.717, 1.165) is 22.5 Å². The summed E-state index contributed by atoms with van der Waals surface area (Å²) in [6, 6.07) is 5.41. The van der Waals surface area contributed by atoms with Crippen LogP contribution in [0.4, 0.5) is 0 Å². The van der Waals surface area contributed by atoms with E-state index in [0.29, 0.717) is 14.8 Å². The largest absolute Gasteiger partial charge is 0.327 e. The molecule has 2 aromatic heterocycles. The summed E-state index contributed by atoms with van der Waals surface area (Å²) in [7, 11) is 1.88. The first-order valence-electron chi connectivity index (χ1n) is 5.59. The number of aromatic amines is 1. The fourth-order valence-electron chi connectivity index (χ4n) is 2.17. The zero-order valence-corrected chi connectivity index (χ0v) is 12.6. The fourth-order valence-corrected chi connectivity index (χ4v) is 2.76. The molecule has 0 saturated carbocycles. The predicted molar refractivity (Wildman–Crippen MR) is 80.0 cm³/mol. The molecule has 0 amide bonds.